The van der Waals surface area contributed by atoms with Gasteiger partial charge in [0.25, 0.3) is 10.2 Å². The van der Waals surface area contributed by atoms with E-state index in [2.05, 4.69) is 21.6 Å². The van der Waals surface area contributed by atoms with Gasteiger partial charge in [-0.15, -0.1) is 0 Å². The summed E-state index contributed by atoms with van der Waals surface area (Å²) < 4.78 is 44.1. The monoisotopic (exact) mass is 398 g/mol. The Morgan fingerprint density at radius 1 is 1.15 bits per heavy atom. The molecule has 1 aromatic rings. The Hall–Kier alpha value is -1.22. The Balaban J connectivity index is 1.81. The van der Waals surface area contributed by atoms with E-state index >= 15 is 0 Å². The molecule has 3 rings (SSSR count). The number of rotatable bonds is 5. The lowest BCUT2D eigenvalue weighted by Crippen LogP contribution is -2.48. The van der Waals surface area contributed by atoms with Crippen LogP contribution in [0.2, 0.25) is 0 Å². The van der Waals surface area contributed by atoms with Gasteiger partial charge >= 0.3 is 0 Å². The number of nitrogens with zero attached hydrogens (tertiary/aromatic N) is 3. The highest BCUT2D eigenvalue weighted by Gasteiger charge is 2.31. The SMILES string of the molecule is CC(NS(=O)(=O)N1CCCCC1C)c1cc(F)ccc1N1CCN(C)CC1. The van der Waals surface area contributed by atoms with Gasteiger partial charge in [-0.25, -0.2) is 4.39 Å². The Kier molecular flexibility index (Phi) is 6.40. The summed E-state index contributed by atoms with van der Waals surface area (Å²) in [4.78, 5) is 4.46. The van der Waals surface area contributed by atoms with Gasteiger partial charge in [0.2, 0.25) is 0 Å². The maximum Gasteiger partial charge on any atom is 0.280 e. The number of piperazine rings is 1. The molecule has 0 radical (unpaired) electrons. The van der Waals surface area contributed by atoms with Crippen molar-refractivity contribution in [1.29, 1.82) is 0 Å². The number of likely N-dealkylation sites (N-methyl/N-ethyl adjacent to an activating group) is 1. The molecule has 2 aliphatic heterocycles. The lowest BCUT2D eigenvalue weighted by Gasteiger charge is -2.37. The minimum atomic E-state index is -3.61. The molecule has 0 amide bonds. The van der Waals surface area contributed by atoms with Gasteiger partial charge in [-0.3, -0.25) is 0 Å². The summed E-state index contributed by atoms with van der Waals surface area (Å²) >= 11 is 0. The van der Waals surface area contributed by atoms with Crippen molar-refractivity contribution in [1.82, 2.24) is 13.9 Å². The van der Waals surface area contributed by atoms with Gasteiger partial charge in [0.15, 0.2) is 0 Å². The number of hydrogen-bond donors (Lipinski definition) is 1. The molecule has 27 heavy (non-hydrogen) atoms. The fourth-order valence-electron chi connectivity index (χ4n) is 3.99. The molecule has 0 bridgehead atoms. The van der Waals surface area contributed by atoms with Crippen molar-refractivity contribution in [2.75, 3.05) is 44.7 Å². The van der Waals surface area contributed by atoms with Gasteiger partial charge in [0.1, 0.15) is 5.82 Å². The second kappa shape index (κ2) is 8.43. The lowest BCUT2D eigenvalue weighted by molar-refractivity contribution is 0.264. The third kappa shape index (κ3) is 4.80. The Labute approximate surface area is 162 Å². The van der Waals surface area contributed by atoms with E-state index in [9.17, 15) is 12.8 Å². The number of halogens is 1. The predicted octanol–water partition coefficient (Wildman–Crippen LogP) is 2.35. The molecule has 2 atom stereocenters. The Morgan fingerprint density at radius 2 is 1.85 bits per heavy atom. The van der Waals surface area contributed by atoms with Gasteiger partial charge in [-0.05, 0) is 57.5 Å². The van der Waals surface area contributed by atoms with E-state index in [-0.39, 0.29) is 11.9 Å². The number of nitrogens with one attached hydrogen (secondary N) is 1. The van der Waals surface area contributed by atoms with Crippen molar-refractivity contribution >= 4 is 15.9 Å². The zero-order valence-corrected chi connectivity index (χ0v) is 17.3. The molecular weight excluding hydrogens is 367 g/mol. The molecule has 2 saturated heterocycles. The number of benzene rings is 1. The topological polar surface area (TPSA) is 55.9 Å². The number of hydrogen-bond acceptors (Lipinski definition) is 4. The fraction of sp³-hybridized carbons (Fsp3) is 0.684. The van der Waals surface area contributed by atoms with Crippen LogP contribution >= 0.6 is 0 Å². The highest BCUT2D eigenvalue weighted by molar-refractivity contribution is 7.87. The summed E-state index contributed by atoms with van der Waals surface area (Å²) in [7, 11) is -1.53. The molecular formula is C19H31FN4O2S. The molecule has 1 aromatic carbocycles. The van der Waals surface area contributed by atoms with Crippen molar-refractivity contribution in [2.45, 2.75) is 45.2 Å². The van der Waals surface area contributed by atoms with E-state index in [1.807, 2.05) is 6.92 Å². The Bertz CT molecular complexity index is 750. The van der Waals surface area contributed by atoms with Crippen LogP contribution in [0.3, 0.4) is 0 Å². The minimum Gasteiger partial charge on any atom is -0.369 e. The third-order valence-electron chi connectivity index (χ3n) is 5.68. The van der Waals surface area contributed by atoms with Crippen LogP contribution in [0.4, 0.5) is 10.1 Å². The van der Waals surface area contributed by atoms with Crippen molar-refractivity contribution in [3.8, 4) is 0 Å². The molecule has 6 nitrogen and oxygen atoms in total. The first-order valence-electron chi connectivity index (χ1n) is 9.80. The van der Waals surface area contributed by atoms with E-state index in [0.717, 1.165) is 51.1 Å². The standard InChI is InChI=1S/C19H31FN4O2S/c1-15-6-4-5-9-24(15)27(25,26)21-16(2)18-14-17(20)7-8-19(18)23-12-10-22(3)11-13-23/h7-8,14-16,21H,4-6,9-13H2,1-3H3. The number of anilines is 1. The predicted molar refractivity (Wildman–Crippen MR) is 107 cm³/mol. The van der Waals surface area contributed by atoms with E-state index in [1.54, 1.807) is 17.3 Å². The van der Waals surface area contributed by atoms with Crippen molar-refractivity contribution in [3.05, 3.63) is 29.6 Å². The molecule has 0 aliphatic carbocycles. The van der Waals surface area contributed by atoms with Crippen LogP contribution in [0.1, 0.15) is 44.7 Å². The average molecular weight is 399 g/mol. The first-order chi connectivity index (χ1) is 12.8. The van der Waals surface area contributed by atoms with Crippen LogP contribution in [0.25, 0.3) is 0 Å². The lowest BCUT2D eigenvalue weighted by atomic mass is 10.0. The van der Waals surface area contributed by atoms with E-state index in [1.165, 1.54) is 12.1 Å². The quantitative estimate of drug-likeness (QED) is 0.827. The summed E-state index contributed by atoms with van der Waals surface area (Å²) in [5.41, 5.74) is 1.60. The summed E-state index contributed by atoms with van der Waals surface area (Å²) in [6.07, 6.45) is 2.81. The zero-order chi connectivity index (χ0) is 19.6. The molecule has 0 spiro atoms. The van der Waals surface area contributed by atoms with E-state index in [0.29, 0.717) is 12.1 Å². The third-order valence-corrected chi connectivity index (χ3v) is 7.49. The van der Waals surface area contributed by atoms with Crippen LogP contribution in [0.5, 0.6) is 0 Å². The molecule has 0 aromatic heterocycles. The maximum atomic E-state index is 14.0. The van der Waals surface area contributed by atoms with Crippen LogP contribution < -0.4 is 9.62 Å². The molecule has 2 aliphatic rings. The maximum absolute atomic E-state index is 14.0. The van der Waals surface area contributed by atoms with Crippen LogP contribution in [0, 0.1) is 5.82 Å². The van der Waals surface area contributed by atoms with Crippen molar-refractivity contribution in [3.63, 3.8) is 0 Å². The molecule has 2 fully saturated rings. The van der Waals surface area contributed by atoms with Gasteiger partial charge in [0.05, 0.1) is 0 Å². The smallest absolute Gasteiger partial charge is 0.280 e. The molecule has 2 unspecified atom stereocenters. The molecule has 2 heterocycles. The normalized spacial score (nSPS) is 24.1. The van der Waals surface area contributed by atoms with Crippen molar-refractivity contribution in [2.24, 2.45) is 0 Å². The second-order valence-corrected chi connectivity index (χ2v) is 9.45. The van der Waals surface area contributed by atoms with Crippen LogP contribution in [-0.2, 0) is 10.2 Å². The van der Waals surface area contributed by atoms with E-state index in [4.69, 9.17) is 0 Å². The van der Waals surface area contributed by atoms with E-state index < -0.39 is 16.3 Å². The highest BCUT2D eigenvalue weighted by atomic mass is 32.2. The Morgan fingerprint density at radius 3 is 2.52 bits per heavy atom. The summed E-state index contributed by atoms with van der Waals surface area (Å²) in [6.45, 7) is 7.83. The molecule has 8 heteroatoms. The molecule has 1 N–H and O–H groups in total. The largest absolute Gasteiger partial charge is 0.369 e. The molecule has 0 saturated carbocycles. The van der Waals surface area contributed by atoms with Gasteiger partial charge < -0.3 is 9.80 Å². The second-order valence-electron chi connectivity index (χ2n) is 7.79. The van der Waals surface area contributed by atoms with Crippen LogP contribution in [0.15, 0.2) is 18.2 Å². The highest BCUT2D eigenvalue weighted by Crippen LogP contribution is 2.29. The van der Waals surface area contributed by atoms with Crippen LogP contribution in [-0.4, -0.2) is 63.4 Å². The van der Waals surface area contributed by atoms with Gasteiger partial charge in [0, 0.05) is 50.5 Å². The zero-order valence-electron chi connectivity index (χ0n) is 16.5. The van der Waals surface area contributed by atoms with Crippen molar-refractivity contribution < 1.29 is 12.8 Å². The fourth-order valence-corrected chi connectivity index (χ4v) is 5.65. The summed E-state index contributed by atoms with van der Waals surface area (Å²) in [6, 6.07) is 4.16. The first kappa shape index (κ1) is 20.5. The first-order valence-corrected chi connectivity index (χ1v) is 11.2. The number of piperidine rings is 1. The van der Waals surface area contributed by atoms with Gasteiger partial charge in [-0.2, -0.15) is 17.4 Å². The average Bonchev–Trinajstić information content (AvgIpc) is 2.62. The summed E-state index contributed by atoms with van der Waals surface area (Å²) in [5.74, 6) is -0.347. The minimum absolute atomic E-state index is 0.00642. The van der Waals surface area contributed by atoms with Gasteiger partial charge in [-0.1, -0.05) is 6.42 Å². The molecule has 152 valence electrons. The summed E-state index contributed by atoms with van der Waals surface area (Å²) in [5, 5.41) is 0.